The second kappa shape index (κ2) is 5.82. The van der Waals surface area contributed by atoms with Gasteiger partial charge in [-0.15, -0.1) is 0 Å². The Kier molecular flexibility index (Phi) is 4.46. The molecule has 1 unspecified atom stereocenters. The van der Waals surface area contributed by atoms with Crippen LogP contribution in [-0.2, 0) is 20.5 Å². The van der Waals surface area contributed by atoms with Crippen molar-refractivity contribution in [2.75, 3.05) is 13.7 Å². The third-order valence-electron chi connectivity index (χ3n) is 3.40. The molecule has 1 aromatic rings. The Hall–Kier alpha value is -1.31. The van der Waals surface area contributed by atoms with Crippen molar-refractivity contribution in [2.45, 2.75) is 38.9 Å². The first-order valence-corrected chi connectivity index (χ1v) is 8.26. The molecule has 0 aliphatic carbocycles. The lowest BCUT2D eigenvalue weighted by molar-refractivity contribution is -0.102. The van der Waals surface area contributed by atoms with E-state index in [0.717, 1.165) is 12.0 Å². The van der Waals surface area contributed by atoms with Gasteiger partial charge >= 0.3 is 10.3 Å². The predicted octanol–water partition coefficient (Wildman–Crippen LogP) is 1.95. The molecule has 1 atom stereocenters. The van der Waals surface area contributed by atoms with E-state index in [4.69, 9.17) is 13.7 Å². The van der Waals surface area contributed by atoms with E-state index in [1.165, 1.54) is 7.05 Å². The largest absolute Gasteiger partial charge is 0.464 e. The molecule has 1 N–H and O–H groups in total. The van der Waals surface area contributed by atoms with Crippen molar-refractivity contribution in [1.29, 1.82) is 0 Å². The number of ether oxygens (including phenoxy) is 2. The van der Waals surface area contributed by atoms with Gasteiger partial charge in [0.05, 0.1) is 12.0 Å². The van der Waals surface area contributed by atoms with Gasteiger partial charge < -0.3 is 13.7 Å². The quantitative estimate of drug-likeness (QED) is 0.868. The Labute approximate surface area is 125 Å². The first kappa shape index (κ1) is 16.1. The molecule has 118 valence electrons. The van der Waals surface area contributed by atoms with Crippen molar-refractivity contribution in [3.63, 3.8) is 0 Å². The zero-order valence-corrected chi connectivity index (χ0v) is 13.5. The highest BCUT2D eigenvalue weighted by Crippen LogP contribution is 2.44. The van der Waals surface area contributed by atoms with Gasteiger partial charge in [0.2, 0.25) is 6.29 Å². The summed E-state index contributed by atoms with van der Waals surface area (Å²) in [5.41, 5.74) is 0.486. The average Bonchev–Trinajstić information content (AvgIpc) is 2.67. The Balaban J connectivity index is 2.27. The summed E-state index contributed by atoms with van der Waals surface area (Å²) < 4.78 is 41.5. The molecule has 0 saturated carbocycles. The van der Waals surface area contributed by atoms with Gasteiger partial charge in [-0.25, -0.2) is 0 Å². The third-order valence-corrected chi connectivity index (χ3v) is 4.31. The number of hydrogen-bond donors (Lipinski definition) is 1. The summed E-state index contributed by atoms with van der Waals surface area (Å²) in [6.07, 6.45) is 0.518. The van der Waals surface area contributed by atoms with E-state index in [1.807, 2.05) is 20.8 Å². The first-order valence-electron chi connectivity index (χ1n) is 6.86. The molecule has 7 heteroatoms. The van der Waals surface area contributed by atoms with Crippen LogP contribution < -0.4 is 13.6 Å². The van der Waals surface area contributed by atoms with E-state index in [0.29, 0.717) is 12.4 Å². The van der Waals surface area contributed by atoms with Gasteiger partial charge in [0.1, 0.15) is 11.5 Å². The molecule has 1 aromatic carbocycles. The van der Waals surface area contributed by atoms with Crippen LogP contribution in [0.5, 0.6) is 11.5 Å². The molecule has 1 aliphatic rings. The van der Waals surface area contributed by atoms with Gasteiger partial charge in [0.25, 0.3) is 0 Å². The van der Waals surface area contributed by atoms with Crippen LogP contribution in [0.15, 0.2) is 18.2 Å². The predicted molar refractivity (Wildman–Crippen MR) is 78.7 cm³/mol. The lowest BCUT2D eigenvalue weighted by Gasteiger charge is -2.25. The highest BCUT2D eigenvalue weighted by atomic mass is 32.2. The van der Waals surface area contributed by atoms with Gasteiger partial charge in [-0.1, -0.05) is 6.92 Å². The summed E-state index contributed by atoms with van der Waals surface area (Å²) in [4.78, 5) is 0. The highest BCUT2D eigenvalue weighted by molar-refractivity contribution is 7.85. The summed E-state index contributed by atoms with van der Waals surface area (Å²) in [6.45, 7) is 6.63. The van der Waals surface area contributed by atoms with Crippen molar-refractivity contribution in [2.24, 2.45) is 0 Å². The van der Waals surface area contributed by atoms with Gasteiger partial charge in [-0.2, -0.15) is 13.1 Å². The molecular weight excluding hydrogens is 294 g/mol. The fourth-order valence-corrected chi connectivity index (χ4v) is 2.63. The maximum atomic E-state index is 11.4. The summed E-state index contributed by atoms with van der Waals surface area (Å²) in [5, 5.41) is 0. The molecule has 2 rings (SSSR count). The number of benzene rings is 1. The van der Waals surface area contributed by atoms with Crippen LogP contribution >= 0.6 is 0 Å². The lowest BCUT2D eigenvalue weighted by Crippen LogP contribution is -2.35. The van der Waals surface area contributed by atoms with Crippen molar-refractivity contribution in [3.8, 4) is 11.5 Å². The molecular formula is C14H21NO5S. The van der Waals surface area contributed by atoms with Crippen LogP contribution in [0.1, 0.15) is 32.8 Å². The number of nitrogens with one attached hydrogen (secondary N) is 1. The molecule has 0 fully saturated rings. The van der Waals surface area contributed by atoms with Crippen LogP contribution in [0.2, 0.25) is 0 Å². The normalized spacial score (nSPS) is 19.9. The van der Waals surface area contributed by atoms with Crippen molar-refractivity contribution in [1.82, 2.24) is 4.72 Å². The maximum Gasteiger partial charge on any atom is 0.382 e. The van der Waals surface area contributed by atoms with Gasteiger partial charge in [-0.3, -0.25) is 0 Å². The van der Waals surface area contributed by atoms with Gasteiger partial charge in [-0.05, 0) is 38.5 Å². The number of hydrogen-bond acceptors (Lipinski definition) is 5. The van der Waals surface area contributed by atoms with Crippen LogP contribution in [0.4, 0.5) is 0 Å². The van der Waals surface area contributed by atoms with E-state index < -0.39 is 10.3 Å². The SMILES string of the molecule is CCCOC1Oc2ccc(OS(=O)(=O)NC)cc2C1(C)C. The Morgan fingerprint density at radius 3 is 2.71 bits per heavy atom. The molecule has 0 radical (unpaired) electrons. The molecule has 0 saturated heterocycles. The Morgan fingerprint density at radius 1 is 1.38 bits per heavy atom. The van der Waals surface area contributed by atoms with E-state index in [2.05, 4.69) is 4.72 Å². The van der Waals surface area contributed by atoms with E-state index >= 15 is 0 Å². The molecule has 0 aromatic heterocycles. The van der Waals surface area contributed by atoms with Crippen LogP contribution in [0, 0.1) is 0 Å². The lowest BCUT2D eigenvalue weighted by atomic mass is 9.85. The monoisotopic (exact) mass is 315 g/mol. The zero-order chi connectivity index (χ0) is 15.7. The summed E-state index contributed by atoms with van der Waals surface area (Å²) in [6, 6.07) is 4.94. The minimum absolute atomic E-state index is 0.246. The first-order chi connectivity index (χ1) is 9.80. The topological polar surface area (TPSA) is 73.9 Å². The summed E-state index contributed by atoms with van der Waals surface area (Å²) in [7, 11) is -2.48. The van der Waals surface area contributed by atoms with Crippen LogP contribution in [0.25, 0.3) is 0 Å². The van der Waals surface area contributed by atoms with Crippen molar-refractivity contribution in [3.05, 3.63) is 23.8 Å². The average molecular weight is 315 g/mol. The van der Waals surface area contributed by atoms with E-state index in [9.17, 15) is 8.42 Å². The molecule has 1 heterocycles. The van der Waals surface area contributed by atoms with Gasteiger partial charge in [0, 0.05) is 12.6 Å². The van der Waals surface area contributed by atoms with Crippen LogP contribution in [-0.4, -0.2) is 28.4 Å². The standard InChI is InChI=1S/C14H21NO5S/c1-5-8-18-13-14(2,3)11-9-10(6-7-12(11)19-13)20-21(16,17)15-4/h6-7,9,13,15H,5,8H2,1-4H3. The van der Waals surface area contributed by atoms with Gasteiger partial charge in [0.15, 0.2) is 0 Å². The second-order valence-corrected chi connectivity index (χ2v) is 6.92. The zero-order valence-electron chi connectivity index (χ0n) is 12.7. The molecule has 0 bridgehead atoms. The number of rotatable bonds is 6. The smallest absolute Gasteiger partial charge is 0.382 e. The molecule has 0 spiro atoms. The minimum Gasteiger partial charge on any atom is -0.464 e. The Bertz CT molecular complexity index is 612. The van der Waals surface area contributed by atoms with E-state index in [-0.39, 0.29) is 17.5 Å². The summed E-state index contributed by atoms with van der Waals surface area (Å²) >= 11 is 0. The van der Waals surface area contributed by atoms with Crippen molar-refractivity contribution >= 4 is 10.3 Å². The molecule has 1 aliphatic heterocycles. The molecule has 21 heavy (non-hydrogen) atoms. The fraction of sp³-hybridized carbons (Fsp3) is 0.571. The fourth-order valence-electron chi connectivity index (χ4n) is 2.19. The third kappa shape index (κ3) is 3.30. The highest BCUT2D eigenvalue weighted by Gasteiger charge is 2.42. The minimum atomic E-state index is -3.78. The maximum absolute atomic E-state index is 11.4. The van der Waals surface area contributed by atoms with E-state index in [1.54, 1.807) is 18.2 Å². The molecule has 0 amide bonds. The molecule has 6 nitrogen and oxygen atoms in total. The van der Waals surface area contributed by atoms with Crippen molar-refractivity contribution < 1.29 is 22.1 Å². The Morgan fingerprint density at radius 2 is 2.10 bits per heavy atom. The second-order valence-electron chi connectivity index (χ2n) is 5.44. The number of fused-ring (bicyclic) bond motifs is 1. The van der Waals surface area contributed by atoms with Crippen LogP contribution in [0.3, 0.4) is 0 Å². The summed E-state index contributed by atoms with van der Waals surface area (Å²) in [5.74, 6) is 0.936.